The van der Waals surface area contributed by atoms with E-state index in [2.05, 4.69) is 10.3 Å². The van der Waals surface area contributed by atoms with Crippen molar-refractivity contribution >= 4 is 5.91 Å². The van der Waals surface area contributed by atoms with Crippen molar-refractivity contribution in [2.24, 2.45) is 5.73 Å². The van der Waals surface area contributed by atoms with E-state index < -0.39 is 0 Å². The molecule has 5 heteroatoms. The Morgan fingerprint density at radius 1 is 1.37 bits per heavy atom. The lowest BCUT2D eigenvalue weighted by atomic mass is 9.97. The number of carbonyl (C=O) groups excluding carboxylic acids is 1. The second-order valence-corrected chi connectivity index (χ2v) is 5.38. The van der Waals surface area contributed by atoms with E-state index in [-0.39, 0.29) is 18.0 Å². The maximum atomic E-state index is 12.1. The third kappa shape index (κ3) is 4.06. The molecule has 106 valence electrons. The van der Waals surface area contributed by atoms with Crippen molar-refractivity contribution in [1.29, 1.82) is 0 Å². The van der Waals surface area contributed by atoms with Crippen LogP contribution >= 0.6 is 0 Å². The smallest absolute Gasteiger partial charge is 0.273 e. The van der Waals surface area contributed by atoms with E-state index in [1.165, 1.54) is 38.4 Å². The molecule has 1 aliphatic carbocycles. The van der Waals surface area contributed by atoms with Gasteiger partial charge in [0.05, 0.1) is 6.04 Å². The highest BCUT2D eigenvalue weighted by atomic mass is 16.3. The van der Waals surface area contributed by atoms with E-state index in [9.17, 15) is 4.79 Å². The molecular weight excluding hydrogens is 242 g/mol. The zero-order valence-electron chi connectivity index (χ0n) is 11.5. The summed E-state index contributed by atoms with van der Waals surface area (Å²) in [4.78, 5) is 16.2. The summed E-state index contributed by atoms with van der Waals surface area (Å²) in [6.07, 6.45) is 9.74. The first-order valence-corrected chi connectivity index (χ1v) is 7.18. The Hall–Kier alpha value is -1.36. The number of hydrogen-bond donors (Lipinski definition) is 2. The van der Waals surface area contributed by atoms with Gasteiger partial charge in [-0.3, -0.25) is 4.79 Å². The predicted molar refractivity (Wildman–Crippen MR) is 72.7 cm³/mol. The Kier molecular flexibility index (Phi) is 4.96. The average molecular weight is 265 g/mol. The molecule has 3 N–H and O–H groups in total. The van der Waals surface area contributed by atoms with Gasteiger partial charge in [-0.05, 0) is 19.8 Å². The zero-order valence-corrected chi connectivity index (χ0v) is 11.5. The Morgan fingerprint density at radius 3 is 2.58 bits per heavy atom. The van der Waals surface area contributed by atoms with Gasteiger partial charge in [0.2, 0.25) is 5.89 Å². The van der Waals surface area contributed by atoms with E-state index >= 15 is 0 Å². The molecule has 0 aromatic carbocycles. The molecule has 1 amide bonds. The van der Waals surface area contributed by atoms with Gasteiger partial charge in [0.25, 0.3) is 5.91 Å². The molecule has 1 atom stereocenters. The molecule has 1 fully saturated rings. The molecule has 19 heavy (non-hydrogen) atoms. The number of aromatic nitrogens is 1. The van der Waals surface area contributed by atoms with E-state index in [1.807, 2.05) is 0 Å². The van der Waals surface area contributed by atoms with Crippen LogP contribution in [0.5, 0.6) is 0 Å². The second kappa shape index (κ2) is 6.70. The molecule has 0 aliphatic heterocycles. The number of nitrogens with one attached hydrogen (secondary N) is 1. The molecule has 1 aromatic rings. The summed E-state index contributed by atoms with van der Waals surface area (Å²) in [6.45, 7) is 1.78. The highest BCUT2D eigenvalue weighted by molar-refractivity contribution is 5.92. The van der Waals surface area contributed by atoms with Crippen molar-refractivity contribution in [3.63, 3.8) is 0 Å². The molecule has 0 bridgehead atoms. The normalized spacial score (nSPS) is 19.5. The van der Waals surface area contributed by atoms with Crippen molar-refractivity contribution in [3.8, 4) is 0 Å². The summed E-state index contributed by atoms with van der Waals surface area (Å²) < 4.78 is 5.18. The summed E-state index contributed by atoms with van der Waals surface area (Å²) in [5.74, 6) is 0.254. The number of rotatable bonds is 3. The van der Waals surface area contributed by atoms with Crippen LogP contribution < -0.4 is 11.1 Å². The largest absolute Gasteiger partial charge is 0.446 e. The van der Waals surface area contributed by atoms with Crippen LogP contribution in [0, 0.1) is 0 Å². The summed E-state index contributed by atoms with van der Waals surface area (Å²) in [5.41, 5.74) is 5.99. The van der Waals surface area contributed by atoms with Crippen LogP contribution in [-0.4, -0.2) is 16.9 Å². The third-order valence-electron chi connectivity index (χ3n) is 3.58. The zero-order chi connectivity index (χ0) is 13.7. The van der Waals surface area contributed by atoms with Crippen LogP contribution in [0.4, 0.5) is 0 Å². The fourth-order valence-corrected chi connectivity index (χ4v) is 2.46. The number of nitrogens with zero attached hydrogens (tertiary/aromatic N) is 1. The van der Waals surface area contributed by atoms with Crippen molar-refractivity contribution in [1.82, 2.24) is 10.3 Å². The third-order valence-corrected chi connectivity index (χ3v) is 3.58. The Balaban J connectivity index is 1.91. The van der Waals surface area contributed by atoms with Gasteiger partial charge in [-0.1, -0.05) is 32.1 Å². The summed E-state index contributed by atoms with van der Waals surface area (Å²) in [6, 6.07) is -0.0220. The first-order valence-electron chi connectivity index (χ1n) is 7.18. The predicted octanol–water partition coefficient (Wildman–Crippen LogP) is 2.54. The molecule has 1 saturated carbocycles. The molecule has 0 radical (unpaired) electrons. The van der Waals surface area contributed by atoms with E-state index in [4.69, 9.17) is 10.2 Å². The highest BCUT2D eigenvalue weighted by Crippen LogP contribution is 2.17. The van der Waals surface area contributed by atoms with Crippen LogP contribution in [0.3, 0.4) is 0 Å². The van der Waals surface area contributed by atoms with E-state index in [0.717, 1.165) is 12.8 Å². The van der Waals surface area contributed by atoms with Crippen molar-refractivity contribution in [2.75, 3.05) is 0 Å². The molecule has 1 aliphatic rings. The molecule has 1 heterocycles. The lowest BCUT2D eigenvalue weighted by molar-refractivity contribution is 0.0925. The van der Waals surface area contributed by atoms with Crippen LogP contribution in [0.15, 0.2) is 10.7 Å². The second-order valence-electron chi connectivity index (χ2n) is 5.38. The van der Waals surface area contributed by atoms with Gasteiger partial charge < -0.3 is 15.5 Å². The standard InChI is InChI=1S/C14H23N3O2/c1-10(15)14-17-12(9-19-14)13(18)16-11-7-5-3-2-4-6-8-11/h9-11H,2-8,15H2,1H3,(H,16,18). The van der Waals surface area contributed by atoms with Crippen molar-refractivity contribution < 1.29 is 9.21 Å². The van der Waals surface area contributed by atoms with E-state index in [1.54, 1.807) is 6.92 Å². The van der Waals surface area contributed by atoms with Gasteiger partial charge in [0, 0.05) is 6.04 Å². The maximum absolute atomic E-state index is 12.1. The number of amides is 1. The maximum Gasteiger partial charge on any atom is 0.273 e. The van der Waals surface area contributed by atoms with Gasteiger partial charge in [0.15, 0.2) is 5.69 Å². The highest BCUT2D eigenvalue weighted by Gasteiger charge is 2.18. The molecule has 0 spiro atoms. The summed E-state index contributed by atoms with van der Waals surface area (Å²) >= 11 is 0. The van der Waals surface area contributed by atoms with Gasteiger partial charge in [-0.25, -0.2) is 4.98 Å². The summed E-state index contributed by atoms with van der Waals surface area (Å²) in [7, 11) is 0. The van der Waals surface area contributed by atoms with Crippen LogP contribution in [0.25, 0.3) is 0 Å². The minimum atomic E-state index is -0.289. The number of oxazole rings is 1. The Morgan fingerprint density at radius 2 is 2.00 bits per heavy atom. The summed E-state index contributed by atoms with van der Waals surface area (Å²) in [5, 5.41) is 3.05. The molecule has 0 saturated heterocycles. The number of hydrogen-bond acceptors (Lipinski definition) is 4. The van der Waals surface area contributed by atoms with Gasteiger partial charge in [-0.2, -0.15) is 0 Å². The minimum Gasteiger partial charge on any atom is -0.446 e. The lowest BCUT2D eigenvalue weighted by Crippen LogP contribution is -2.35. The van der Waals surface area contributed by atoms with Crippen molar-refractivity contribution in [3.05, 3.63) is 17.8 Å². The first-order chi connectivity index (χ1) is 9.16. The van der Waals surface area contributed by atoms with Crippen LogP contribution in [-0.2, 0) is 0 Å². The lowest BCUT2D eigenvalue weighted by Gasteiger charge is -2.20. The monoisotopic (exact) mass is 265 g/mol. The Bertz CT molecular complexity index is 407. The quantitative estimate of drug-likeness (QED) is 0.880. The van der Waals surface area contributed by atoms with Gasteiger partial charge >= 0.3 is 0 Å². The van der Waals surface area contributed by atoms with E-state index in [0.29, 0.717) is 11.6 Å². The number of carbonyl (C=O) groups is 1. The fourth-order valence-electron chi connectivity index (χ4n) is 2.46. The first kappa shape index (κ1) is 14.1. The van der Waals surface area contributed by atoms with Gasteiger partial charge in [0.1, 0.15) is 6.26 Å². The van der Waals surface area contributed by atoms with Gasteiger partial charge in [-0.15, -0.1) is 0 Å². The van der Waals surface area contributed by atoms with Crippen molar-refractivity contribution in [2.45, 2.75) is 64.0 Å². The fraction of sp³-hybridized carbons (Fsp3) is 0.714. The van der Waals surface area contributed by atoms with Crippen LogP contribution in [0.1, 0.15) is 74.3 Å². The molecule has 1 aromatic heterocycles. The molecular formula is C14H23N3O2. The minimum absolute atomic E-state index is 0.152. The number of nitrogens with two attached hydrogens (primary N) is 1. The van der Waals surface area contributed by atoms with Crippen LogP contribution in [0.2, 0.25) is 0 Å². The SMILES string of the molecule is CC(N)c1nc(C(=O)NC2CCCCCCC2)co1. The molecule has 1 unspecified atom stereocenters. The topological polar surface area (TPSA) is 81.1 Å². The average Bonchev–Trinajstić information content (AvgIpc) is 2.82. The molecule has 2 rings (SSSR count). The Labute approximate surface area is 114 Å². The molecule has 5 nitrogen and oxygen atoms in total.